The molecule has 0 aromatic carbocycles. The Morgan fingerprint density at radius 3 is 1.43 bits per heavy atom. The van der Waals surface area contributed by atoms with Gasteiger partial charge in [-0.1, -0.05) is 70.8 Å². The third-order valence-electron chi connectivity index (χ3n) is 11.3. The van der Waals surface area contributed by atoms with E-state index in [1.54, 1.807) is 64.2 Å². The average Bonchev–Trinajstić information content (AvgIpc) is 2.92. The van der Waals surface area contributed by atoms with E-state index in [1.807, 2.05) is 0 Å². The standard InChI is InChI=1S/C34H60O/c1-3-5-7-27-8-10-28(11-9-27)12-13-29-14-16-30(17-15-29)31-18-20-32(21-19-31)33-22-24-34(25-23-33)35-26-6-4-2/h3,27-34H,1,4-26H2,2H3. The summed E-state index contributed by atoms with van der Waals surface area (Å²) in [5.41, 5.74) is 0. The monoisotopic (exact) mass is 484 g/mol. The second-order valence-electron chi connectivity index (χ2n) is 13.5. The van der Waals surface area contributed by atoms with E-state index >= 15 is 0 Å². The van der Waals surface area contributed by atoms with E-state index in [4.69, 9.17) is 4.74 Å². The molecule has 1 nitrogen and oxygen atoms in total. The number of allylic oxidation sites excluding steroid dienone is 1. The van der Waals surface area contributed by atoms with E-state index in [2.05, 4.69) is 19.6 Å². The molecule has 0 aromatic rings. The summed E-state index contributed by atoms with van der Waals surface area (Å²) in [4.78, 5) is 0. The molecule has 0 aromatic heterocycles. The predicted molar refractivity (Wildman–Crippen MR) is 152 cm³/mol. The van der Waals surface area contributed by atoms with Gasteiger partial charge >= 0.3 is 0 Å². The van der Waals surface area contributed by atoms with Gasteiger partial charge in [-0.25, -0.2) is 0 Å². The summed E-state index contributed by atoms with van der Waals surface area (Å²) in [5, 5.41) is 0. The normalized spacial score (nSPS) is 38.8. The van der Waals surface area contributed by atoms with Gasteiger partial charge in [0.15, 0.2) is 0 Å². The molecule has 202 valence electrons. The van der Waals surface area contributed by atoms with E-state index in [0.717, 1.165) is 48.0 Å². The molecule has 1 heteroatoms. The van der Waals surface area contributed by atoms with Crippen LogP contribution in [0.2, 0.25) is 0 Å². The molecule has 0 heterocycles. The lowest BCUT2D eigenvalue weighted by molar-refractivity contribution is 0.00424. The van der Waals surface area contributed by atoms with Crippen molar-refractivity contribution in [2.24, 2.45) is 41.4 Å². The summed E-state index contributed by atoms with van der Waals surface area (Å²) in [5.74, 6) is 7.36. The van der Waals surface area contributed by atoms with E-state index in [1.165, 1.54) is 77.0 Å². The first-order valence-electron chi connectivity index (χ1n) is 16.5. The average molecular weight is 485 g/mol. The second-order valence-corrected chi connectivity index (χ2v) is 13.5. The molecule has 0 spiro atoms. The number of rotatable bonds is 12. The zero-order chi connectivity index (χ0) is 24.3. The lowest BCUT2D eigenvalue weighted by Crippen LogP contribution is -2.31. The second kappa shape index (κ2) is 15.2. The van der Waals surface area contributed by atoms with Gasteiger partial charge in [0.1, 0.15) is 0 Å². The molecule has 4 aliphatic rings. The minimum Gasteiger partial charge on any atom is -0.378 e. The Kier molecular flexibility index (Phi) is 12.0. The third-order valence-corrected chi connectivity index (χ3v) is 11.3. The summed E-state index contributed by atoms with van der Waals surface area (Å²) in [6.45, 7) is 7.17. The summed E-state index contributed by atoms with van der Waals surface area (Å²) in [7, 11) is 0. The van der Waals surface area contributed by atoms with Crippen LogP contribution >= 0.6 is 0 Å². The Morgan fingerprint density at radius 1 is 0.571 bits per heavy atom. The highest BCUT2D eigenvalue weighted by Gasteiger charge is 2.35. The lowest BCUT2D eigenvalue weighted by Gasteiger charge is -2.41. The zero-order valence-corrected chi connectivity index (χ0v) is 23.6. The Bertz CT molecular complexity index is 551. The number of unbranched alkanes of at least 4 members (excludes halogenated alkanes) is 1. The first-order chi connectivity index (χ1) is 17.2. The molecule has 0 saturated heterocycles. The number of ether oxygens (including phenoxy) is 1. The van der Waals surface area contributed by atoms with E-state index in [-0.39, 0.29) is 0 Å². The van der Waals surface area contributed by atoms with Crippen molar-refractivity contribution in [2.75, 3.05) is 6.61 Å². The molecule has 0 aliphatic heterocycles. The van der Waals surface area contributed by atoms with Crippen molar-refractivity contribution < 1.29 is 4.74 Å². The molecule has 0 unspecified atom stereocenters. The van der Waals surface area contributed by atoms with Crippen molar-refractivity contribution in [3.63, 3.8) is 0 Å². The predicted octanol–water partition coefficient (Wildman–Crippen LogP) is 10.5. The molecule has 4 saturated carbocycles. The largest absolute Gasteiger partial charge is 0.378 e. The molecule has 4 rings (SSSR count). The fourth-order valence-electron chi connectivity index (χ4n) is 8.79. The van der Waals surface area contributed by atoms with Crippen molar-refractivity contribution in [1.82, 2.24) is 0 Å². The summed E-state index contributed by atoms with van der Waals surface area (Å²) >= 11 is 0. The molecule has 4 fully saturated rings. The molecule has 35 heavy (non-hydrogen) atoms. The van der Waals surface area contributed by atoms with Gasteiger partial charge in [0.25, 0.3) is 0 Å². The Labute approximate surface area is 219 Å². The van der Waals surface area contributed by atoms with Gasteiger partial charge in [0.05, 0.1) is 6.10 Å². The smallest absolute Gasteiger partial charge is 0.0575 e. The van der Waals surface area contributed by atoms with Crippen LogP contribution in [0.15, 0.2) is 12.7 Å². The van der Waals surface area contributed by atoms with Crippen LogP contribution in [-0.4, -0.2) is 12.7 Å². The Hall–Kier alpha value is -0.300. The van der Waals surface area contributed by atoms with Crippen LogP contribution in [0.5, 0.6) is 0 Å². The highest BCUT2D eigenvalue weighted by molar-refractivity contribution is 4.86. The van der Waals surface area contributed by atoms with Crippen LogP contribution in [0, 0.1) is 41.4 Å². The highest BCUT2D eigenvalue weighted by Crippen LogP contribution is 2.46. The van der Waals surface area contributed by atoms with Crippen molar-refractivity contribution >= 4 is 0 Å². The molecular weight excluding hydrogens is 424 g/mol. The molecule has 0 amide bonds. The molecule has 0 N–H and O–H groups in total. The summed E-state index contributed by atoms with van der Waals surface area (Å²) in [6.07, 6.45) is 35.0. The van der Waals surface area contributed by atoms with Gasteiger partial charge in [-0.3, -0.25) is 0 Å². The van der Waals surface area contributed by atoms with E-state index < -0.39 is 0 Å². The van der Waals surface area contributed by atoms with Crippen LogP contribution in [-0.2, 0) is 4.74 Å². The topological polar surface area (TPSA) is 9.23 Å². The van der Waals surface area contributed by atoms with Crippen LogP contribution in [0.1, 0.15) is 148 Å². The SMILES string of the molecule is C=CCCC1CCC(CCC2CCC(C3CCC(C4CCC(OCCCC)CC4)CC3)CC2)CC1. The van der Waals surface area contributed by atoms with E-state index in [9.17, 15) is 0 Å². The molecular formula is C34H60O. The van der Waals surface area contributed by atoms with Crippen LogP contribution in [0.3, 0.4) is 0 Å². The minimum absolute atomic E-state index is 0.585. The molecule has 0 radical (unpaired) electrons. The van der Waals surface area contributed by atoms with E-state index in [0.29, 0.717) is 6.10 Å². The van der Waals surface area contributed by atoms with Crippen molar-refractivity contribution in [1.29, 1.82) is 0 Å². The Balaban J connectivity index is 1.05. The van der Waals surface area contributed by atoms with Crippen molar-refractivity contribution in [3.05, 3.63) is 12.7 Å². The van der Waals surface area contributed by atoms with Gasteiger partial charge in [-0.15, -0.1) is 6.58 Å². The molecule has 0 bridgehead atoms. The molecule has 4 aliphatic carbocycles. The summed E-state index contributed by atoms with van der Waals surface area (Å²) < 4.78 is 6.13. The fraction of sp³-hybridized carbons (Fsp3) is 0.941. The highest BCUT2D eigenvalue weighted by atomic mass is 16.5. The zero-order valence-electron chi connectivity index (χ0n) is 23.6. The van der Waals surface area contributed by atoms with Gasteiger partial charge in [0.2, 0.25) is 0 Å². The first-order valence-corrected chi connectivity index (χ1v) is 16.5. The maximum Gasteiger partial charge on any atom is 0.0575 e. The van der Waals surface area contributed by atoms with Crippen molar-refractivity contribution in [2.45, 2.75) is 154 Å². The third kappa shape index (κ3) is 8.90. The lowest BCUT2D eigenvalue weighted by atomic mass is 9.65. The fourth-order valence-corrected chi connectivity index (χ4v) is 8.79. The van der Waals surface area contributed by atoms with Crippen LogP contribution in [0.4, 0.5) is 0 Å². The van der Waals surface area contributed by atoms with Gasteiger partial charge in [-0.05, 0) is 125 Å². The van der Waals surface area contributed by atoms with Crippen LogP contribution < -0.4 is 0 Å². The molecule has 0 atom stereocenters. The van der Waals surface area contributed by atoms with Crippen molar-refractivity contribution in [3.8, 4) is 0 Å². The van der Waals surface area contributed by atoms with Gasteiger partial charge < -0.3 is 4.74 Å². The Morgan fingerprint density at radius 2 is 0.971 bits per heavy atom. The first kappa shape index (κ1) is 27.7. The van der Waals surface area contributed by atoms with Gasteiger partial charge in [-0.2, -0.15) is 0 Å². The summed E-state index contributed by atoms with van der Waals surface area (Å²) in [6, 6.07) is 0. The quantitative estimate of drug-likeness (QED) is 0.198. The number of hydrogen-bond donors (Lipinski definition) is 0. The maximum atomic E-state index is 6.13. The number of hydrogen-bond acceptors (Lipinski definition) is 1. The van der Waals surface area contributed by atoms with Gasteiger partial charge in [0, 0.05) is 6.61 Å². The minimum atomic E-state index is 0.585. The van der Waals surface area contributed by atoms with Crippen LogP contribution in [0.25, 0.3) is 0 Å². The maximum absolute atomic E-state index is 6.13.